The van der Waals surface area contributed by atoms with Crippen molar-refractivity contribution in [2.24, 2.45) is 0 Å². The third kappa shape index (κ3) is 3.41. The number of carbonyl (C=O) groups is 2. The number of carbonyl (C=O) groups excluding carboxylic acids is 2. The monoisotopic (exact) mass is 250 g/mol. The van der Waals surface area contributed by atoms with Crippen LogP contribution in [0, 0.1) is 0 Å². The van der Waals surface area contributed by atoms with Crippen LogP contribution in [-0.2, 0) is 4.79 Å². The molecule has 98 valence electrons. The highest BCUT2D eigenvalue weighted by atomic mass is 16.2. The van der Waals surface area contributed by atoms with Crippen molar-refractivity contribution in [2.75, 3.05) is 26.2 Å². The number of rotatable bonds is 3. The van der Waals surface area contributed by atoms with Gasteiger partial charge < -0.3 is 10.3 Å². The van der Waals surface area contributed by atoms with Crippen LogP contribution in [0.25, 0.3) is 0 Å². The molecule has 1 saturated heterocycles. The van der Waals surface area contributed by atoms with Crippen LogP contribution in [0.4, 0.5) is 0 Å². The van der Waals surface area contributed by atoms with Gasteiger partial charge in [0.1, 0.15) is 5.69 Å². The summed E-state index contributed by atoms with van der Waals surface area (Å²) in [5, 5.41) is 5.68. The Hall–Kier alpha value is -1.66. The molecule has 0 aromatic carbocycles. The van der Waals surface area contributed by atoms with Crippen LogP contribution < -0.4 is 10.6 Å². The molecule has 1 aromatic rings. The van der Waals surface area contributed by atoms with Gasteiger partial charge in [0.25, 0.3) is 5.91 Å². The van der Waals surface area contributed by atoms with E-state index in [0.717, 1.165) is 19.6 Å². The van der Waals surface area contributed by atoms with E-state index in [9.17, 15) is 9.59 Å². The van der Waals surface area contributed by atoms with Gasteiger partial charge in [-0.2, -0.15) is 0 Å². The molecular formula is C12H18N4O2. The molecule has 0 bridgehead atoms. The Morgan fingerprint density at radius 1 is 1.56 bits per heavy atom. The lowest BCUT2D eigenvalue weighted by molar-refractivity contribution is -0.121. The summed E-state index contributed by atoms with van der Waals surface area (Å²) in [5.41, 5.74) is 0.400. The molecule has 1 fully saturated rings. The van der Waals surface area contributed by atoms with E-state index in [1.165, 1.54) is 0 Å². The van der Waals surface area contributed by atoms with E-state index in [0.29, 0.717) is 11.7 Å². The fraction of sp³-hybridized carbons (Fsp3) is 0.500. The van der Waals surface area contributed by atoms with Crippen LogP contribution in [0.15, 0.2) is 18.3 Å². The third-order valence-electron chi connectivity index (χ3n) is 2.92. The Balaban J connectivity index is 1.80. The zero-order chi connectivity index (χ0) is 13.0. The Bertz CT molecular complexity index is 416. The predicted molar refractivity (Wildman–Crippen MR) is 67.2 cm³/mol. The molecule has 1 aliphatic rings. The van der Waals surface area contributed by atoms with E-state index >= 15 is 0 Å². The maximum Gasteiger partial charge on any atom is 0.274 e. The van der Waals surface area contributed by atoms with E-state index < -0.39 is 0 Å². The lowest BCUT2D eigenvalue weighted by atomic mass is 10.2. The first-order chi connectivity index (χ1) is 8.65. The number of nitrogens with one attached hydrogen (secondary N) is 3. The summed E-state index contributed by atoms with van der Waals surface area (Å²) in [5.74, 6) is -0.642. The number of aromatic amines is 1. The average molecular weight is 250 g/mol. The van der Waals surface area contributed by atoms with E-state index in [1.807, 2.05) is 4.90 Å². The molecular weight excluding hydrogens is 232 g/mol. The summed E-state index contributed by atoms with van der Waals surface area (Å²) in [6.45, 7) is 4.87. The normalized spacial score (nSPS) is 20.6. The van der Waals surface area contributed by atoms with Gasteiger partial charge >= 0.3 is 0 Å². The molecule has 18 heavy (non-hydrogen) atoms. The molecule has 2 heterocycles. The smallest absolute Gasteiger partial charge is 0.274 e. The molecule has 0 aliphatic carbocycles. The predicted octanol–water partition coefficient (Wildman–Crippen LogP) is -0.435. The Kier molecular flexibility index (Phi) is 4.11. The van der Waals surface area contributed by atoms with Crippen molar-refractivity contribution in [1.82, 2.24) is 20.5 Å². The van der Waals surface area contributed by atoms with E-state index in [-0.39, 0.29) is 18.4 Å². The summed E-state index contributed by atoms with van der Waals surface area (Å²) in [4.78, 5) is 28.1. The second kappa shape index (κ2) is 5.79. The minimum atomic E-state index is -0.381. The van der Waals surface area contributed by atoms with Crippen LogP contribution in [-0.4, -0.2) is 53.9 Å². The highest BCUT2D eigenvalue weighted by molar-refractivity contribution is 6.04. The number of imide groups is 1. The van der Waals surface area contributed by atoms with E-state index in [4.69, 9.17) is 0 Å². The number of piperazine rings is 1. The Morgan fingerprint density at radius 3 is 3.06 bits per heavy atom. The average Bonchev–Trinajstić information content (AvgIpc) is 2.81. The van der Waals surface area contributed by atoms with Gasteiger partial charge in [-0.1, -0.05) is 0 Å². The van der Waals surface area contributed by atoms with Crippen LogP contribution in [0.3, 0.4) is 0 Å². The van der Waals surface area contributed by atoms with Gasteiger partial charge in [0.05, 0.1) is 6.54 Å². The van der Waals surface area contributed by atoms with E-state index in [2.05, 4.69) is 22.5 Å². The van der Waals surface area contributed by atoms with Gasteiger partial charge in [-0.3, -0.25) is 19.8 Å². The summed E-state index contributed by atoms with van der Waals surface area (Å²) < 4.78 is 0. The van der Waals surface area contributed by atoms with Crippen LogP contribution in [0.5, 0.6) is 0 Å². The molecule has 0 radical (unpaired) electrons. The van der Waals surface area contributed by atoms with Gasteiger partial charge in [-0.25, -0.2) is 0 Å². The summed E-state index contributed by atoms with van der Waals surface area (Å²) >= 11 is 0. The van der Waals surface area contributed by atoms with Crippen molar-refractivity contribution < 1.29 is 9.59 Å². The fourth-order valence-electron chi connectivity index (χ4n) is 2.06. The molecule has 6 nitrogen and oxygen atoms in total. The molecule has 0 saturated carbocycles. The number of hydrogen-bond donors (Lipinski definition) is 3. The Labute approximate surface area is 106 Å². The number of amides is 2. The van der Waals surface area contributed by atoms with Crippen molar-refractivity contribution >= 4 is 11.8 Å². The second-order valence-electron chi connectivity index (χ2n) is 4.55. The molecule has 0 unspecified atom stereocenters. The van der Waals surface area contributed by atoms with Gasteiger partial charge in [0.2, 0.25) is 5.91 Å². The lowest BCUT2D eigenvalue weighted by Crippen LogP contribution is -2.52. The molecule has 6 heteroatoms. The van der Waals surface area contributed by atoms with Gasteiger partial charge in [-0.15, -0.1) is 0 Å². The summed E-state index contributed by atoms with van der Waals surface area (Å²) in [6.07, 6.45) is 1.65. The standard InChI is InChI=1S/C12H18N4O2/c1-9-7-16(6-5-13-9)8-11(17)15-12(18)10-3-2-4-14-10/h2-4,9,13-14H,5-8H2,1H3,(H,15,17,18)/t9-/m1/s1. The second-order valence-corrected chi connectivity index (χ2v) is 4.55. The minimum absolute atomic E-state index is 0.260. The maximum absolute atomic E-state index is 11.7. The first kappa shape index (κ1) is 12.8. The highest BCUT2D eigenvalue weighted by Gasteiger charge is 2.19. The number of aromatic nitrogens is 1. The van der Waals surface area contributed by atoms with Gasteiger partial charge in [0, 0.05) is 31.9 Å². The zero-order valence-electron chi connectivity index (χ0n) is 10.4. The molecule has 1 aromatic heterocycles. The fourth-order valence-corrected chi connectivity index (χ4v) is 2.06. The van der Waals surface area contributed by atoms with Crippen LogP contribution in [0.2, 0.25) is 0 Å². The van der Waals surface area contributed by atoms with Crippen molar-refractivity contribution in [3.05, 3.63) is 24.0 Å². The highest BCUT2D eigenvalue weighted by Crippen LogP contribution is 1.98. The Morgan fingerprint density at radius 2 is 2.39 bits per heavy atom. The SMILES string of the molecule is C[C@@H]1CN(CC(=O)NC(=O)c2ccc[nH]2)CCN1. The summed E-state index contributed by atoms with van der Waals surface area (Å²) in [6, 6.07) is 3.73. The molecule has 2 amide bonds. The number of hydrogen-bond acceptors (Lipinski definition) is 4. The number of H-pyrrole nitrogens is 1. The molecule has 1 aliphatic heterocycles. The first-order valence-electron chi connectivity index (χ1n) is 6.08. The maximum atomic E-state index is 11.7. The van der Waals surface area contributed by atoms with Crippen molar-refractivity contribution in [1.29, 1.82) is 0 Å². The molecule has 3 N–H and O–H groups in total. The third-order valence-corrected chi connectivity index (χ3v) is 2.92. The molecule has 2 rings (SSSR count). The minimum Gasteiger partial charge on any atom is -0.357 e. The van der Waals surface area contributed by atoms with Crippen molar-refractivity contribution in [3.63, 3.8) is 0 Å². The summed E-state index contributed by atoms with van der Waals surface area (Å²) in [7, 11) is 0. The quantitative estimate of drug-likeness (QED) is 0.680. The van der Waals surface area contributed by atoms with Gasteiger partial charge in [0.15, 0.2) is 0 Å². The van der Waals surface area contributed by atoms with E-state index in [1.54, 1.807) is 18.3 Å². The topological polar surface area (TPSA) is 77.2 Å². The molecule has 1 atom stereocenters. The first-order valence-corrected chi connectivity index (χ1v) is 6.08. The lowest BCUT2D eigenvalue weighted by Gasteiger charge is -2.31. The van der Waals surface area contributed by atoms with Crippen LogP contribution in [0.1, 0.15) is 17.4 Å². The van der Waals surface area contributed by atoms with Crippen molar-refractivity contribution in [2.45, 2.75) is 13.0 Å². The van der Waals surface area contributed by atoms with Gasteiger partial charge in [-0.05, 0) is 19.1 Å². The number of nitrogens with zero attached hydrogens (tertiary/aromatic N) is 1. The molecule has 0 spiro atoms. The van der Waals surface area contributed by atoms with Crippen molar-refractivity contribution in [3.8, 4) is 0 Å². The largest absolute Gasteiger partial charge is 0.357 e. The zero-order valence-corrected chi connectivity index (χ0v) is 10.4. The van der Waals surface area contributed by atoms with Crippen LogP contribution >= 0.6 is 0 Å².